The highest BCUT2D eigenvalue weighted by atomic mass is 16.5. The second kappa shape index (κ2) is 11.1. The molecule has 2 aliphatic heterocycles. The third kappa shape index (κ3) is 4.90. The van der Waals surface area contributed by atoms with E-state index in [-0.39, 0.29) is 10.8 Å². The number of pyridine rings is 1. The minimum atomic E-state index is -1.81. The number of rotatable bonds is 3. The molecule has 0 N–H and O–H groups in total. The lowest BCUT2D eigenvalue weighted by Gasteiger charge is -2.45. The summed E-state index contributed by atoms with van der Waals surface area (Å²) in [6, 6.07) is 21.8. The van der Waals surface area contributed by atoms with Gasteiger partial charge in [0.15, 0.2) is 0 Å². The van der Waals surface area contributed by atoms with Gasteiger partial charge in [0.2, 0.25) is 5.90 Å². The van der Waals surface area contributed by atoms with E-state index in [1.165, 1.54) is 33.0 Å². The Balaban J connectivity index is 1.22. The average molecular weight is 732 g/mol. The van der Waals surface area contributed by atoms with Gasteiger partial charge in [-0.05, 0) is 128 Å². The van der Waals surface area contributed by atoms with Gasteiger partial charge in [0, 0.05) is 54.1 Å². The van der Waals surface area contributed by atoms with Crippen LogP contribution in [0.5, 0.6) is 11.5 Å². The molecule has 55 heavy (non-hydrogen) atoms. The molecule has 0 saturated heterocycles. The molecule has 2 aromatic heterocycles. The Labute approximate surface area is 329 Å². The number of ether oxygens (including phenoxy) is 2. The minimum Gasteiger partial charge on any atom is -0.467 e. The number of aryl methyl sites for hydroxylation is 5. The highest BCUT2D eigenvalue weighted by molar-refractivity contribution is 6.12. The van der Waals surface area contributed by atoms with E-state index in [0.717, 1.165) is 56.0 Å². The van der Waals surface area contributed by atoms with Gasteiger partial charge in [0.25, 0.3) is 0 Å². The first-order valence-corrected chi connectivity index (χ1v) is 19.7. The number of hydrogen-bond acceptors (Lipinski definition) is 4. The maximum Gasteiger partial charge on any atom is 0.217 e. The topological polar surface area (TPSA) is 48.6 Å². The van der Waals surface area contributed by atoms with Crippen molar-refractivity contribution in [3.63, 3.8) is 0 Å². The van der Waals surface area contributed by atoms with Crippen LogP contribution < -0.4 is 4.74 Å². The van der Waals surface area contributed by atoms with Crippen LogP contribution in [0.3, 0.4) is 0 Å². The molecule has 4 aromatic carbocycles. The maximum absolute atomic E-state index is 9.78. The van der Waals surface area contributed by atoms with E-state index in [0.29, 0.717) is 17.2 Å². The predicted octanol–water partition coefficient (Wildman–Crippen LogP) is 12.5. The smallest absolute Gasteiger partial charge is 0.217 e. The molecule has 4 heterocycles. The predicted molar refractivity (Wildman–Crippen MR) is 227 cm³/mol. The van der Waals surface area contributed by atoms with E-state index in [1.807, 2.05) is 25.3 Å². The average Bonchev–Trinajstić information content (AvgIpc) is 3.65. The van der Waals surface area contributed by atoms with Crippen molar-refractivity contribution in [1.29, 1.82) is 0 Å². The summed E-state index contributed by atoms with van der Waals surface area (Å²) < 4.78 is 36.0. The fourth-order valence-corrected chi connectivity index (χ4v) is 9.57. The van der Waals surface area contributed by atoms with Crippen molar-refractivity contribution in [2.75, 3.05) is 0 Å². The standard InChI is InChI=1S/C50H55N3O2/c1-27-15-37-36-19-31(5)42(24-41(36)53-43(37)39(16-27)48(12,13)40-17-28(2)26-51-44(40)53)54-35-22-32(21-34(23-35)46(6,7)8)45-52-49(14)38-20-30(4)29(3)18-33(38)25-50(49,55-45)47(9,10)11/h15-24,26H,25H2,1-14H3/t49-,50-/m1/s1/i25D2. The van der Waals surface area contributed by atoms with Crippen molar-refractivity contribution >= 4 is 27.7 Å². The van der Waals surface area contributed by atoms with Crippen LogP contribution in [-0.2, 0) is 27.5 Å². The van der Waals surface area contributed by atoms with Crippen molar-refractivity contribution in [3.8, 4) is 17.3 Å². The fourth-order valence-electron chi connectivity index (χ4n) is 9.57. The molecule has 1 aliphatic carbocycles. The highest BCUT2D eigenvalue weighted by Crippen LogP contribution is 2.60. The summed E-state index contributed by atoms with van der Waals surface area (Å²) in [7, 11) is 0. The lowest BCUT2D eigenvalue weighted by atomic mass is 9.66. The molecule has 6 aromatic rings. The molecular formula is C50H55N3O2. The van der Waals surface area contributed by atoms with E-state index in [9.17, 15) is 2.74 Å². The van der Waals surface area contributed by atoms with E-state index in [2.05, 4.69) is 143 Å². The van der Waals surface area contributed by atoms with Crippen molar-refractivity contribution in [2.45, 2.75) is 125 Å². The number of aliphatic imine (C=N–C) groups is 1. The SMILES string of the molecule is [2H]C1([2H])c2cc(C)c(C)cc2[C@@]2(C)N=C(c3cc(Oc4cc5c(cc4C)c4cc(C)cc6c4n5-c4ncc(C)cc4C6(C)C)cc(C(C)(C)C)c3)O[C@@]12C(C)(C)C. The molecule has 5 nitrogen and oxygen atoms in total. The van der Waals surface area contributed by atoms with Crippen LogP contribution in [0.25, 0.3) is 27.6 Å². The molecule has 0 saturated carbocycles. The Hall–Kier alpha value is -4.90. The molecule has 3 aliphatic rings. The van der Waals surface area contributed by atoms with Gasteiger partial charge < -0.3 is 9.47 Å². The van der Waals surface area contributed by atoms with Gasteiger partial charge in [-0.2, -0.15) is 0 Å². The Morgan fingerprint density at radius 2 is 1.45 bits per heavy atom. The summed E-state index contributed by atoms with van der Waals surface area (Å²) in [5.74, 6) is 2.84. The third-order valence-electron chi connectivity index (χ3n) is 12.9. The monoisotopic (exact) mass is 731 g/mol. The van der Waals surface area contributed by atoms with Crippen LogP contribution in [0.4, 0.5) is 0 Å². The molecule has 2 atom stereocenters. The summed E-state index contributed by atoms with van der Waals surface area (Å²) in [6.45, 7) is 30.0. The van der Waals surface area contributed by atoms with E-state index < -0.39 is 22.9 Å². The van der Waals surface area contributed by atoms with Gasteiger partial charge in [0.05, 0.1) is 11.0 Å². The van der Waals surface area contributed by atoms with Crippen molar-refractivity contribution < 1.29 is 12.2 Å². The van der Waals surface area contributed by atoms with Gasteiger partial charge in [-0.15, -0.1) is 0 Å². The normalized spacial score (nSPS) is 22.5. The van der Waals surface area contributed by atoms with Gasteiger partial charge in [-0.3, -0.25) is 4.57 Å². The first-order chi connectivity index (χ1) is 26.4. The van der Waals surface area contributed by atoms with E-state index >= 15 is 0 Å². The van der Waals surface area contributed by atoms with Crippen LogP contribution in [0.1, 0.15) is 126 Å². The highest BCUT2D eigenvalue weighted by Gasteiger charge is 2.66. The van der Waals surface area contributed by atoms with Crippen LogP contribution >= 0.6 is 0 Å². The van der Waals surface area contributed by atoms with Gasteiger partial charge in [-0.1, -0.05) is 79.2 Å². The largest absolute Gasteiger partial charge is 0.467 e. The second-order valence-electron chi connectivity index (χ2n) is 19.4. The molecule has 0 bridgehead atoms. The van der Waals surface area contributed by atoms with Gasteiger partial charge >= 0.3 is 0 Å². The second-order valence-corrected chi connectivity index (χ2v) is 19.4. The van der Waals surface area contributed by atoms with Crippen LogP contribution in [0.15, 0.2) is 71.9 Å². The first kappa shape index (κ1) is 33.4. The summed E-state index contributed by atoms with van der Waals surface area (Å²) in [5, 5.41) is 2.40. The lowest BCUT2D eigenvalue weighted by molar-refractivity contribution is -0.0673. The van der Waals surface area contributed by atoms with Gasteiger partial charge in [-0.25, -0.2) is 9.98 Å². The van der Waals surface area contributed by atoms with Crippen molar-refractivity contribution in [1.82, 2.24) is 9.55 Å². The van der Waals surface area contributed by atoms with Gasteiger partial charge in [0.1, 0.15) is 28.5 Å². The molecule has 0 fully saturated rings. The molecule has 0 unspecified atom stereocenters. The number of hydrogen-bond donors (Lipinski definition) is 0. The third-order valence-corrected chi connectivity index (χ3v) is 12.9. The molecule has 0 spiro atoms. The molecule has 0 radical (unpaired) electrons. The van der Waals surface area contributed by atoms with Crippen molar-refractivity contribution in [3.05, 3.63) is 128 Å². The van der Waals surface area contributed by atoms with E-state index in [1.54, 1.807) is 0 Å². The van der Waals surface area contributed by atoms with E-state index in [4.69, 9.17) is 19.5 Å². The zero-order valence-corrected chi connectivity index (χ0v) is 35.0. The Morgan fingerprint density at radius 1 is 0.745 bits per heavy atom. The number of aromatic nitrogens is 2. The van der Waals surface area contributed by atoms with Crippen LogP contribution in [0, 0.1) is 40.0 Å². The summed E-state index contributed by atoms with van der Waals surface area (Å²) in [5.41, 5.74) is 10.5. The molecule has 282 valence electrons. The zero-order chi connectivity index (χ0) is 41.2. The number of nitrogens with zero attached hydrogens (tertiary/aromatic N) is 3. The van der Waals surface area contributed by atoms with Crippen LogP contribution in [-0.4, -0.2) is 21.0 Å². The Bertz CT molecular complexity index is 2790. The Morgan fingerprint density at radius 3 is 2.16 bits per heavy atom. The van der Waals surface area contributed by atoms with Crippen LogP contribution in [0.2, 0.25) is 0 Å². The maximum atomic E-state index is 9.78. The molecule has 0 amide bonds. The fraction of sp³-hybridized carbons (Fsp3) is 0.400. The number of fused-ring (bicyclic) bond motifs is 8. The Kier molecular flexibility index (Phi) is 6.76. The molecule has 5 heteroatoms. The molecular weight excluding hydrogens is 675 g/mol. The number of benzene rings is 4. The molecule has 9 rings (SSSR count). The van der Waals surface area contributed by atoms with Crippen molar-refractivity contribution in [2.24, 2.45) is 10.4 Å². The minimum absolute atomic E-state index is 0.216. The summed E-state index contributed by atoms with van der Waals surface area (Å²) in [4.78, 5) is 10.5. The summed E-state index contributed by atoms with van der Waals surface area (Å²) in [6.07, 6.45) is 0.155. The lowest BCUT2D eigenvalue weighted by Crippen LogP contribution is -2.54. The first-order valence-electron chi connectivity index (χ1n) is 20.7. The summed E-state index contributed by atoms with van der Waals surface area (Å²) >= 11 is 0. The quantitative estimate of drug-likeness (QED) is 0.182. The zero-order valence-electron chi connectivity index (χ0n) is 37.0.